The van der Waals surface area contributed by atoms with Gasteiger partial charge in [0, 0.05) is 16.4 Å². The van der Waals surface area contributed by atoms with Gasteiger partial charge in [-0.25, -0.2) is 4.98 Å². The molecule has 0 saturated carbocycles. The molecule has 0 fully saturated rings. The van der Waals surface area contributed by atoms with Crippen LogP contribution in [0.5, 0.6) is 0 Å². The molecular formula is C8H6BrNOS. The molecular weight excluding hydrogens is 238 g/mol. The second kappa shape index (κ2) is 3.41. The fourth-order valence-corrected chi connectivity index (χ4v) is 2.10. The van der Waals surface area contributed by atoms with E-state index in [0.29, 0.717) is 0 Å². The monoisotopic (exact) mass is 243 g/mol. The first-order valence-electron chi connectivity index (χ1n) is 3.44. The molecule has 0 spiro atoms. The van der Waals surface area contributed by atoms with Crippen LogP contribution in [0.2, 0.25) is 0 Å². The Morgan fingerprint density at radius 3 is 3.08 bits per heavy atom. The maximum Gasteiger partial charge on any atom is 0.162 e. The van der Waals surface area contributed by atoms with Gasteiger partial charge in [0.25, 0.3) is 0 Å². The Morgan fingerprint density at radius 1 is 1.58 bits per heavy atom. The minimum Gasteiger partial charge on any atom is -0.462 e. The van der Waals surface area contributed by atoms with Crippen LogP contribution < -0.4 is 0 Å². The normalized spacial score (nSPS) is 10.4. The zero-order chi connectivity index (χ0) is 8.39. The molecule has 12 heavy (non-hydrogen) atoms. The van der Waals surface area contributed by atoms with Gasteiger partial charge in [-0.3, -0.25) is 0 Å². The van der Waals surface area contributed by atoms with E-state index in [1.54, 1.807) is 17.6 Å². The summed E-state index contributed by atoms with van der Waals surface area (Å²) < 4.78 is 5.21. The van der Waals surface area contributed by atoms with Crippen molar-refractivity contribution in [3.8, 4) is 10.8 Å². The topological polar surface area (TPSA) is 26.0 Å². The van der Waals surface area contributed by atoms with Crippen molar-refractivity contribution in [1.29, 1.82) is 0 Å². The quantitative estimate of drug-likeness (QED) is 0.757. The largest absolute Gasteiger partial charge is 0.462 e. The molecule has 0 saturated heterocycles. The highest BCUT2D eigenvalue weighted by Crippen LogP contribution is 2.26. The van der Waals surface area contributed by atoms with Gasteiger partial charge in [0.05, 0.1) is 6.26 Å². The molecule has 62 valence electrons. The van der Waals surface area contributed by atoms with Crippen LogP contribution in [-0.4, -0.2) is 4.98 Å². The van der Waals surface area contributed by atoms with Gasteiger partial charge in [-0.15, -0.1) is 11.3 Å². The van der Waals surface area contributed by atoms with Crippen LogP contribution in [0.4, 0.5) is 0 Å². The average Bonchev–Trinajstić information content (AvgIpc) is 2.75. The van der Waals surface area contributed by atoms with Gasteiger partial charge >= 0.3 is 0 Å². The summed E-state index contributed by atoms with van der Waals surface area (Å²) in [5.74, 6) is 0.840. The van der Waals surface area contributed by atoms with Crippen molar-refractivity contribution in [2.75, 3.05) is 0 Å². The van der Waals surface area contributed by atoms with Crippen molar-refractivity contribution in [2.24, 2.45) is 0 Å². The SMILES string of the molecule is BrCc1cnc(-c2ccco2)s1. The number of thiazole rings is 1. The van der Waals surface area contributed by atoms with Crippen molar-refractivity contribution < 1.29 is 4.42 Å². The Morgan fingerprint density at radius 2 is 2.50 bits per heavy atom. The summed E-state index contributed by atoms with van der Waals surface area (Å²) in [6.07, 6.45) is 3.52. The standard InChI is InChI=1S/C8H6BrNOS/c9-4-6-5-10-8(12-6)7-2-1-3-11-7/h1-3,5H,4H2. The van der Waals surface area contributed by atoms with Crippen molar-refractivity contribution in [2.45, 2.75) is 5.33 Å². The first-order chi connectivity index (χ1) is 5.90. The molecule has 2 heterocycles. The fraction of sp³-hybridized carbons (Fsp3) is 0.125. The second-order valence-electron chi connectivity index (χ2n) is 2.24. The molecule has 0 aliphatic rings. The smallest absolute Gasteiger partial charge is 0.162 e. The van der Waals surface area contributed by atoms with Crippen LogP contribution in [0.1, 0.15) is 4.88 Å². The third-order valence-corrected chi connectivity index (χ3v) is 3.40. The first-order valence-corrected chi connectivity index (χ1v) is 5.38. The number of halogens is 1. The lowest BCUT2D eigenvalue weighted by Gasteiger charge is -1.85. The van der Waals surface area contributed by atoms with Gasteiger partial charge in [0.15, 0.2) is 10.8 Å². The molecule has 2 nitrogen and oxygen atoms in total. The summed E-state index contributed by atoms with van der Waals surface area (Å²) in [5, 5.41) is 1.79. The van der Waals surface area contributed by atoms with Crippen LogP contribution in [0.15, 0.2) is 29.0 Å². The maximum absolute atomic E-state index is 5.21. The lowest BCUT2D eigenvalue weighted by Crippen LogP contribution is -1.65. The molecule has 0 amide bonds. The number of nitrogens with zero attached hydrogens (tertiary/aromatic N) is 1. The molecule has 0 radical (unpaired) electrons. The number of rotatable bonds is 2. The zero-order valence-electron chi connectivity index (χ0n) is 6.16. The van der Waals surface area contributed by atoms with Gasteiger partial charge in [0.1, 0.15) is 0 Å². The van der Waals surface area contributed by atoms with E-state index in [4.69, 9.17) is 4.42 Å². The highest BCUT2D eigenvalue weighted by Gasteiger charge is 2.05. The lowest BCUT2D eigenvalue weighted by molar-refractivity contribution is 0.582. The van der Waals surface area contributed by atoms with E-state index in [-0.39, 0.29) is 0 Å². The molecule has 2 rings (SSSR count). The van der Waals surface area contributed by atoms with E-state index in [9.17, 15) is 0 Å². The number of hydrogen-bond donors (Lipinski definition) is 0. The second-order valence-corrected chi connectivity index (χ2v) is 3.92. The number of aromatic nitrogens is 1. The highest BCUT2D eigenvalue weighted by atomic mass is 79.9. The summed E-state index contributed by atoms with van der Waals surface area (Å²) in [4.78, 5) is 5.43. The van der Waals surface area contributed by atoms with Crippen molar-refractivity contribution >= 4 is 27.3 Å². The summed E-state index contributed by atoms with van der Waals surface area (Å²) in [6.45, 7) is 0. The molecule has 0 aliphatic carbocycles. The van der Waals surface area contributed by atoms with Gasteiger partial charge in [-0.1, -0.05) is 15.9 Å². The van der Waals surface area contributed by atoms with Crippen LogP contribution in [0.25, 0.3) is 10.8 Å². The molecule has 0 bridgehead atoms. The van der Waals surface area contributed by atoms with Crippen LogP contribution in [0.3, 0.4) is 0 Å². The van der Waals surface area contributed by atoms with E-state index in [1.807, 2.05) is 18.3 Å². The van der Waals surface area contributed by atoms with E-state index >= 15 is 0 Å². The average molecular weight is 244 g/mol. The lowest BCUT2D eigenvalue weighted by atomic mass is 10.5. The Kier molecular flexibility index (Phi) is 2.28. The molecule has 4 heteroatoms. The number of furan rings is 1. The van der Waals surface area contributed by atoms with Crippen LogP contribution >= 0.6 is 27.3 Å². The van der Waals surface area contributed by atoms with Crippen molar-refractivity contribution in [3.63, 3.8) is 0 Å². The minimum absolute atomic E-state index is 0.840. The number of hydrogen-bond acceptors (Lipinski definition) is 3. The van der Waals surface area contributed by atoms with Crippen molar-refractivity contribution in [1.82, 2.24) is 4.98 Å². The molecule has 0 atom stereocenters. The van der Waals surface area contributed by atoms with E-state index in [0.717, 1.165) is 16.1 Å². The molecule has 0 N–H and O–H groups in total. The minimum atomic E-state index is 0.840. The fourth-order valence-electron chi connectivity index (χ4n) is 0.883. The summed E-state index contributed by atoms with van der Waals surface area (Å²) in [5.41, 5.74) is 0. The Balaban J connectivity index is 2.35. The Labute approximate surface area is 82.4 Å². The zero-order valence-corrected chi connectivity index (χ0v) is 8.56. The predicted octanol–water partition coefficient (Wildman–Crippen LogP) is 3.30. The summed E-state index contributed by atoms with van der Waals surface area (Å²) in [7, 11) is 0. The van der Waals surface area contributed by atoms with Gasteiger partial charge in [-0.2, -0.15) is 0 Å². The third-order valence-electron chi connectivity index (χ3n) is 1.42. The van der Waals surface area contributed by atoms with E-state index in [2.05, 4.69) is 20.9 Å². The highest BCUT2D eigenvalue weighted by molar-refractivity contribution is 9.08. The summed E-state index contributed by atoms with van der Waals surface area (Å²) in [6, 6.07) is 3.78. The van der Waals surface area contributed by atoms with Gasteiger partial charge in [-0.05, 0) is 12.1 Å². The van der Waals surface area contributed by atoms with Crippen molar-refractivity contribution in [3.05, 3.63) is 29.5 Å². The van der Waals surface area contributed by atoms with Crippen LogP contribution in [-0.2, 0) is 5.33 Å². The molecule has 2 aromatic heterocycles. The van der Waals surface area contributed by atoms with E-state index in [1.165, 1.54) is 4.88 Å². The van der Waals surface area contributed by atoms with Crippen LogP contribution in [0, 0.1) is 0 Å². The molecule has 0 unspecified atom stereocenters. The molecule has 0 aromatic carbocycles. The first kappa shape index (κ1) is 8.01. The maximum atomic E-state index is 5.21. The third kappa shape index (κ3) is 1.44. The molecule has 0 aliphatic heterocycles. The summed E-state index contributed by atoms with van der Waals surface area (Å²) >= 11 is 5.01. The predicted molar refractivity (Wildman–Crippen MR) is 52.4 cm³/mol. The molecule has 2 aromatic rings. The van der Waals surface area contributed by atoms with Gasteiger partial charge in [0.2, 0.25) is 0 Å². The Hall–Kier alpha value is -0.610. The Bertz CT molecular complexity index is 355. The van der Waals surface area contributed by atoms with E-state index < -0.39 is 0 Å². The number of alkyl halides is 1. The van der Waals surface area contributed by atoms with Gasteiger partial charge < -0.3 is 4.42 Å².